The van der Waals surface area contributed by atoms with Gasteiger partial charge in [-0.05, 0) is 31.5 Å². The van der Waals surface area contributed by atoms with Crippen LogP contribution in [-0.2, 0) is 6.18 Å². The number of hydrogen-bond donors (Lipinski definition) is 3. The Labute approximate surface area is 107 Å². The van der Waals surface area contributed by atoms with E-state index in [0.29, 0.717) is 6.42 Å². The van der Waals surface area contributed by atoms with Gasteiger partial charge in [0.25, 0.3) is 0 Å². The monoisotopic (exact) mass is 277 g/mol. The van der Waals surface area contributed by atoms with Crippen LogP contribution in [0, 0.1) is 0 Å². The zero-order valence-corrected chi connectivity index (χ0v) is 10.2. The van der Waals surface area contributed by atoms with Crippen LogP contribution in [0.5, 0.6) is 0 Å². The Morgan fingerprint density at radius 1 is 1.42 bits per heavy atom. The maximum absolute atomic E-state index is 12.7. The van der Waals surface area contributed by atoms with Gasteiger partial charge in [-0.15, -0.1) is 0 Å². The Kier molecular flexibility index (Phi) is 4.77. The van der Waals surface area contributed by atoms with Crippen molar-refractivity contribution in [2.75, 3.05) is 11.9 Å². The molecule has 0 saturated carbocycles. The van der Waals surface area contributed by atoms with Crippen LogP contribution < -0.4 is 5.32 Å². The SMILES string of the molecule is CC(CCO)Nc1ccc(C(=O)O)c(C(F)(F)F)c1. The Morgan fingerprint density at radius 2 is 2.05 bits per heavy atom. The molecule has 0 radical (unpaired) electrons. The molecule has 106 valence electrons. The zero-order chi connectivity index (χ0) is 14.6. The molecule has 0 saturated heterocycles. The summed E-state index contributed by atoms with van der Waals surface area (Å²) in [5, 5.41) is 20.2. The summed E-state index contributed by atoms with van der Waals surface area (Å²) < 4.78 is 38.2. The maximum atomic E-state index is 12.7. The van der Waals surface area contributed by atoms with E-state index < -0.39 is 23.3 Å². The molecule has 1 aromatic rings. The molecule has 3 N–H and O–H groups in total. The Morgan fingerprint density at radius 3 is 2.53 bits per heavy atom. The summed E-state index contributed by atoms with van der Waals surface area (Å²) in [5.41, 5.74) is -1.81. The molecule has 1 unspecified atom stereocenters. The molecule has 0 aliphatic carbocycles. The molecule has 1 rings (SSSR count). The standard InChI is InChI=1S/C12H14F3NO3/c1-7(4-5-17)16-8-2-3-9(11(18)19)10(6-8)12(13,14)15/h2-3,6-7,16-17H,4-5H2,1H3,(H,18,19). The number of aliphatic hydroxyl groups is 1. The highest BCUT2D eigenvalue weighted by Gasteiger charge is 2.35. The van der Waals surface area contributed by atoms with Crippen molar-refractivity contribution in [2.45, 2.75) is 25.6 Å². The lowest BCUT2D eigenvalue weighted by Crippen LogP contribution is -2.18. The molecule has 0 fully saturated rings. The van der Waals surface area contributed by atoms with Crippen LogP contribution >= 0.6 is 0 Å². The number of halogens is 3. The van der Waals surface area contributed by atoms with Gasteiger partial charge in [0.2, 0.25) is 0 Å². The van der Waals surface area contributed by atoms with E-state index in [4.69, 9.17) is 10.2 Å². The van der Waals surface area contributed by atoms with E-state index in [0.717, 1.165) is 12.1 Å². The third-order valence-electron chi connectivity index (χ3n) is 2.53. The van der Waals surface area contributed by atoms with Crippen LogP contribution in [0.1, 0.15) is 29.3 Å². The number of anilines is 1. The topological polar surface area (TPSA) is 69.6 Å². The normalized spacial score (nSPS) is 13.1. The van der Waals surface area contributed by atoms with Gasteiger partial charge in [-0.3, -0.25) is 0 Å². The highest BCUT2D eigenvalue weighted by atomic mass is 19.4. The van der Waals surface area contributed by atoms with Crippen molar-refractivity contribution >= 4 is 11.7 Å². The van der Waals surface area contributed by atoms with E-state index in [2.05, 4.69) is 5.32 Å². The lowest BCUT2D eigenvalue weighted by Gasteiger charge is -2.17. The Balaban J connectivity index is 3.09. The van der Waals surface area contributed by atoms with E-state index >= 15 is 0 Å². The predicted octanol–water partition coefficient (Wildman–Crippen LogP) is 2.59. The molecule has 0 aromatic heterocycles. The summed E-state index contributed by atoms with van der Waals surface area (Å²) in [5.74, 6) is -1.62. The molecule has 0 aliphatic heterocycles. The third-order valence-corrected chi connectivity index (χ3v) is 2.53. The van der Waals surface area contributed by atoms with Gasteiger partial charge in [0, 0.05) is 18.3 Å². The summed E-state index contributed by atoms with van der Waals surface area (Å²) in [6, 6.07) is 2.73. The van der Waals surface area contributed by atoms with E-state index in [9.17, 15) is 18.0 Å². The lowest BCUT2D eigenvalue weighted by molar-refractivity contribution is -0.138. The number of carbonyl (C=O) groups is 1. The van der Waals surface area contributed by atoms with Crippen molar-refractivity contribution in [3.05, 3.63) is 29.3 Å². The number of aliphatic hydroxyl groups excluding tert-OH is 1. The number of nitrogens with one attached hydrogen (secondary N) is 1. The number of hydrogen-bond acceptors (Lipinski definition) is 3. The lowest BCUT2D eigenvalue weighted by atomic mass is 10.1. The molecule has 0 amide bonds. The van der Waals surface area contributed by atoms with Gasteiger partial charge in [-0.25, -0.2) is 4.79 Å². The fourth-order valence-corrected chi connectivity index (χ4v) is 1.61. The Bertz CT molecular complexity index is 460. The van der Waals surface area contributed by atoms with E-state index in [-0.39, 0.29) is 18.3 Å². The summed E-state index contributed by atoms with van der Waals surface area (Å²) in [6.07, 6.45) is -4.35. The number of carboxylic acid groups (broad SMARTS) is 1. The van der Waals surface area contributed by atoms with Gasteiger partial charge in [-0.1, -0.05) is 0 Å². The van der Waals surface area contributed by atoms with Gasteiger partial charge in [0.05, 0.1) is 11.1 Å². The third kappa shape index (κ3) is 4.13. The van der Waals surface area contributed by atoms with Gasteiger partial charge >= 0.3 is 12.1 Å². The van der Waals surface area contributed by atoms with Crippen molar-refractivity contribution in [1.82, 2.24) is 0 Å². The van der Waals surface area contributed by atoms with Gasteiger partial charge in [0.15, 0.2) is 0 Å². The second kappa shape index (κ2) is 5.92. The molecule has 4 nitrogen and oxygen atoms in total. The number of benzene rings is 1. The fourth-order valence-electron chi connectivity index (χ4n) is 1.61. The maximum Gasteiger partial charge on any atom is 0.417 e. The van der Waals surface area contributed by atoms with Crippen molar-refractivity contribution in [3.8, 4) is 0 Å². The first-order valence-electron chi connectivity index (χ1n) is 5.57. The molecule has 7 heteroatoms. The van der Waals surface area contributed by atoms with Crippen molar-refractivity contribution in [1.29, 1.82) is 0 Å². The first-order valence-corrected chi connectivity index (χ1v) is 5.57. The number of aromatic carboxylic acids is 1. The van der Waals surface area contributed by atoms with Crippen molar-refractivity contribution < 1.29 is 28.2 Å². The molecule has 1 aromatic carbocycles. The second-order valence-electron chi connectivity index (χ2n) is 4.12. The van der Waals surface area contributed by atoms with E-state index in [1.807, 2.05) is 0 Å². The second-order valence-corrected chi connectivity index (χ2v) is 4.12. The predicted molar refractivity (Wildman–Crippen MR) is 63.2 cm³/mol. The minimum Gasteiger partial charge on any atom is -0.478 e. The smallest absolute Gasteiger partial charge is 0.417 e. The van der Waals surface area contributed by atoms with Crippen molar-refractivity contribution in [3.63, 3.8) is 0 Å². The summed E-state index contributed by atoms with van der Waals surface area (Å²) >= 11 is 0. The Hall–Kier alpha value is -1.76. The average Bonchev–Trinajstić information content (AvgIpc) is 2.27. The quantitative estimate of drug-likeness (QED) is 0.773. The highest BCUT2D eigenvalue weighted by molar-refractivity contribution is 5.90. The first-order chi connectivity index (χ1) is 8.75. The van der Waals surface area contributed by atoms with Crippen molar-refractivity contribution in [2.24, 2.45) is 0 Å². The molecule has 0 heterocycles. The fraction of sp³-hybridized carbons (Fsp3) is 0.417. The summed E-state index contributed by atoms with van der Waals surface area (Å²) in [7, 11) is 0. The van der Waals surface area contributed by atoms with Crippen LogP contribution in [0.25, 0.3) is 0 Å². The van der Waals surface area contributed by atoms with Crippen LogP contribution in [0.15, 0.2) is 18.2 Å². The van der Waals surface area contributed by atoms with E-state index in [1.54, 1.807) is 6.92 Å². The number of alkyl halides is 3. The molecule has 1 atom stereocenters. The molecule has 19 heavy (non-hydrogen) atoms. The minimum atomic E-state index is -4.73. The van der Waals surface area contributed by atoms with Gasteiger partial charge in [0.1, 0.15) is 0 Å². The minimum absolute atomic E-state index is 0.0898. The average molecular weight is 277 g/mol. The van der Waals surface area contributed by atoms with Gasteiger partial charge in [-0.2, -0.15) is 13.2 Å². The summed E-state index contributed by atoms with van der Waals surface area (Å²) in [4.78, 5) is 10.8. The largest absolute Gasteiger partial charge is 0.478 e. The molecular weight excluding hydrogens is 263 g/mol. The first kappa shape index (κ1) is 15.3. The van der Waals surface area contributed by atoms with E-state index in [1.165, 1.54) is 6.07 Å². The highest BCUT2D eigenvalue weighted by Crippen LogP contribution is 2.34. The number of carboxylic acids is 1. The zero-order valence-electron chi connectivity index (χ0n) is 10.2. The summed E-state index contributed by atoms with van der Waals surface area (Å²) in [6.45, 7) is 1.61. The molecule has 0 spiro atoms. The number of rotatable bonds is 5. The molecule has 0 bridgehead atoms. The molecule has 0 aliphatic rings. The van der Waals surface area contributed by atoms with Crippen LogP contribution in [0.3, 0.4) is 0 Å². The van der Waals surface area contributed by atoms with Gasteiger partial charge < -0.3 is 15.5 Å². The van der Waals surface area contributed by atoms with Crippen LogP contribution in [0.2, 0.25) is 0 Å². The van der Waals surface area contributed by atoms with Crippen LogP contribution in [0.4, 0.5) is 18.9 Å². The molecular formula is C12H14F3NO3. The van der Waals surface area contributed by atoms with Crippen LogP contribution in [-0.4, -0.2) is 28.8 Å².